The summed E-state index contributed by atoms with van der Waals surface area (Å²) in [5.74, 6) is 0. The van der Waals surface area contributed by atoms with Crippen LogP contribution in [0.1, 0.15) is 45.6 Å². The predicted molar refractivity (Wildman–Crippen MR) is 93.1 cm³/mol. The second kappa shape index (κ2) is 7.49. The van der Waals surface area contributed by atoms with Gasteiger partial charge in [0.1, 0.15) is 5.69 Å². The second-order valence-corrected chi connectivity index (χ2v) is 7.04. The molecule has 1 N–H and O–H groups in total. The molecule has 0 radical (unpaired) electrons. The molecule has 0 aromatic carbocycles. The number of rotatable bonds is 4. The minimum absolute atomic E-state index is 0.121. The number of pyridine rings is 1. The van der Waals surface area contributed by atoms with E-state index in [0.717, 1.165) is 44.8 Å². The normalized spacial score (nSPS) is 26.4. The van der Waals surface area contributed by atoms with E-state index in [-0.39, 0.29) is 11.6 Å². The van der Waals surface area contributed by atoms with Crippen molar-refractivity contribution in [3.8, 4) is 0 Å². The minimum Gasteiger partial charge on any atom is -0.379 e. The molecule has 23 heavy (non-hydrogen) atoms. The Morgan fingerprint density at radius 2 is 1.78 bits per heavy atom. The summed E-state index contributed by atoms with van der Waals surface area (Å²) in [4.78, 5) is 15.2. The van der Waals surface area contributed by atoms with Crippen LogP contribution in [0.15, 0.2) is 23.1 Å². The molecule has 1 aromatic rings. The zero-order valence-corrected chi connectivity index (χ0v) is 14.3. The highest BCUT2D eigenvalue weighted by molar-refractivity contribution is 5.41. The molecule has 128 valence electrons. The number of morpholine rings is 1. The van der Waals surface area contributed by atoms with Crippen molar-refractivity contribution < 1.29 is 4.74 Å². The molecule has 0 amide bonds. The summed E-state index contributed by atoms with van der Waals surface area (Å²) >= 11 is 0. The van der Waals surface area contributed by atoms with Crippen LogP contribution in [-0.4, -0.2) is 47.9 Å². The number of ether oxygens (including phenoxy) is 1. The lowest BCUT2D eigenvalue weighted by Crippen LogP contribution is -2.45. The van der Waals surface area contributed by atoms with Crippen molar-refractivity contribution in [3.05, 3.63) is 28.7 Å². The number of anilines is 1. The molecule has 3 rings (SSSR count). The van der Waals surface area contributed by atoms with Gasteiger partial charge in [0.15, 0.2) is 0 Å². The minimum atomic E-state index is 0.121. The highest BCUT2D eigenvalue weighted by atomic mass is 16.5. The van der Waals surface area contributed by atoms with Crippen molar-refractivity contribution in [2.45, 2.75) is 57.7 Å². The van der Waals surface area contributed by atoms with Gasteiger partial charge in [0, 0.05) is 37.4 Å². The number of nitrogens with one attached hydrogen (secondary N) is 1. The first-order chi connectivity index (χ1) is 11.1. The van der Waals surface area contributed by atoms with Gasteiger partial charge in [0.05, 0.1) is 13.2 Å². The zero-order chi connectivity index (χ0) is 16.2. The standard InChI is InChI=1S/C18H29N3O2/c1-14(2)19-17-4-3-9-21(18(17)22)16-7-5-15(6-8-16)20-10-12-23-13-11-20/h3-4,9,14-16,19H,5-8,10-13H2,1-2H3. The molecule has 1 saturated heterocycles. The summed E-state index contributed by atoms with van der Waals surface area (Å²) in [6.45, 7) is 7.96. The van der Waals surface area contributed by atoms with Crippen LogP contribution in [0.3, 0.4) is 0 Å². The Morgan fingerprint density at radius 1 is 1.13 bits per heavy atom. The summed E-state index contributed by atoms with van der Waals surface area (Å²) in [7, 11) is 0. The van der Waals surface area contributed by atoms with E-state index in [2.05, 4.69) is 24.1 Å². The molecular formula is C18H29N3O2. The summed E-state index contributed by atoms with van der Waals surface area (Å²) in [5.41, 5.74) is 0.842. The molecule has 1 aliphatic carbocycles. The summed E-state index contributed by atoms with van der Waals surface area (Å²) in [6, 6.07) is 5.16. The molecule has 2 heterocycles. The van der Waals surface area contributed by atoms with Crippen LogP contribution in [-0.2, 0) is 4.74 Å². The van der Waals surface area contributed by atoms with Crippen LogP contribution >= 0.6 is 0 Å². The molecule has 1 saturated carbocycles. The highest BCUT2D eigenvalue weighted by Crippen LogP contribution is 2.30. The third kappa shape index (κ3) is 3.96. The lowest BCUT2D eigenvalue weighted by Gasteiger charge is -2.39. The molecule has 1 aromatic heterocycles. The van der Waals surface area contributed by atoms with Gasteiger partial charge >= 0.3 is 0 Å². The molecule has 0 atom stereocenters. The fourth-order valence-corrected chi connectivity index (χ4v) is 3.86. The third-order valence-corrected chi connectivity index (χ3v) is 5.04. The largest absolute Gasteiger partial charge is 0.379 e. The summed E-state index contributed by atoms with van der Waals surface area (Å²) < 4.78 is 7.39. The fraction of sp³-hybridized carbons (Fsp3) is 0.722. The van der Waals surface area contributed by atoms with Gasteiger partial charge in [0.2, 0.25) is 0 Å². The van der Waals surface area contributed by atoms with Crippen LogP contribution < -0.4 is 10.9 Å². The maximum atomic E-state index is 12.7. The van der Waals surface area contributed by atoms with Gasteiger partial charge in [-0.1, -0.05) is 0 Å². The first kappa shape index (κ1) is 16.5. The van der Waals surface area contributed by atoms with E-state index in [1.807, 2.05) is 22.9 Å². The lowest BCUT2D eigenvalue weighted by atomic mass is 9.89. The van der Waals surface area contributed by atoms with E-state index < -0.39 is 0 Å². The van der Waals surface area contributed by atoms with Crippen molar-refractivity contribution in [1.82, 2.24) is 9.47 Å². The van der Waals surface area contributed by atoms with E-state index in [1.165, 1.54) is 12.8 Å². The van der Waals surface area contributed by atoms with Gasteiger partial charge in [0.25, 0.3) is 5.56 Å². The van der Waals surface area contributed by atoms with Crippen molar-refractivity contribution in [3.63, 3.8) is 0 Å². The molecule has 0 unspecified atom stereocenters. The van der Waals surface area contributed by atoms with Crippen LogP contribution in [0.4, 0.5) is 5.69 Å². The smallest absolute Gasteiger partial charge is 0.274 e. The lowest BCUT2D eigenvalue weighted by molar-refractivity contribution is 0.00535. The van der Waals surface area contributed by atoms with Gasteiger partial charge in [-0.3, -0.25) is 9.69 Å². The molecular weight excluding hydrogens is 290 g/mol. The number of nitrogens with zero attached hydrogens (tertiary/aromatic N) is 2. The average Bonchev–Trinajstić information content (AvgIpc) is 2.57. The van der Waals surface area contributed by atoms with Gasteiger partial charge in [-0.2, -0.15) is 0 Å². The maximum Gasteiger partial charge on any atom is 0.274 e. The maximum absolute atomic E-state index is 12.7. The highest BCUT2D eigenvalue weighted by Gasteiger charge is 2.28. The molecule has 2 aliphatic rings. The van der Waals surface area contributed by atoms with Gasteiger partial charge < -0.3 is 14.6 Å². The SMILES string of the molecule is CC(C)Nc1cccn(C2CCC(N3CCOCC3)CC2)c1=O. The van der Waals surface area contributed by atoms with Gasteiger partial charge in [-0.15, -0.1) is 0 Å². The van der Waals surface area contributed by atoms with Gasteiger partial charge in [-0.05, 0) is 51.7 Å². The Bertz CT molecular complexity index is 556. The van der Waals surface area contributed by atoms with Crippen LogP contribution in [0.5, 0.6) is 0 Å². The van der Waals surface area contributed by atoms with E-state index in [0.29, 0.717) is 12.1 Å². The predicted octanol–water partition coefficient (Wildman–Crippen LogP) is 2.48. The molecule has 0 bridgehead atoms. The average molecular weight is 319 g/mol. The Kier molecular flexibility index (Phi) is 5.38. The first-order valence-electron chi connectivity index (χ1n) is 8.94. The second-order valence-electron chi connectivity index (χ2n) is 7.04. The number of aromatic nitrogens is 1. The molecule has 5 heteroatoms. The number of hydrogen-bond donors (Lipinski definition) is 1. The molecule has 1 aliphatic heterocycles. The molecule has 5 nitrogen and oxygen atoms in total. The van der Waals surface area contributed by atoms with Crippen LogP contribution in [0, 0.1) is 0 Å². The van der Waals surface area contributed by atoms with Crippen molar-refractivity contribution in [2.75, 3.05) is 31.6 Å². The van der Waals surface area contributed by atoms with E-state index in [4.69, 9.17) is 4.74 Å². The Hall–Kier alpha value is -1.33. The van der Waals surface area contributed by atoms with Crippen molar-refractivity contribution in [1.29, 1.82) is 0 Å². The molecule has 2 fully saturated rings. The quantitative estimate of drug-likeness (QED) is 0.926. The Labute approximate surface area is 138 Å². The topological polar surface area (TPSA) is 46.5 Å². The molecule has 0 spiro atoms. The summed E-state index contributed by atoms with van der Waals surface area (Å²) in [5, 5.41) is 3.26. The first-order valence-corrected chi connectivity index (χ1v) is 8.94. The van der Waals surface area contributed by atoms with E-state index in [1.54, 1.807) is 0 Å². The van der Waals surface area contributed by atoms with Gasteiger partial charge in [-0.25, -0.2) is 0 Å². The Balaban J connectivity index is 1.64. The Morgan fingerprint density at radius 3 is 2.43 bits per heavy atom. The van der Waals surface area contributed by atoms with Crippen molar-refractivity contribution in [2.24, 2.45) is 0 Å². The summed E-state index contributed by atoms with van der Waals surface area (Å²) in [6.07, 6.45) is 6.49. The van der Waals surface area contributed by atoms with E-state index in [9.17, 15) is 4.79 Å². The number of hydrogen-bond acceptors (Lipinski definition) is 4. The fourth-order valence-electron chi connectivity index (χ4n) is 3.86. The monoisotopic (exact) mass is 319 g/mol. The van der Waals surface area contributed by atoms with E-state index >= 15 is 0 Å². The van der Waals surface area contributed by atoms with Crippen molar-refractivity contribution >= 4 is 5.69 Å². The third-order valence-electron chi connectivity index (χ3n) is 5.04. The zero-order valence-electron chi connectivity index (χ0n) is 14.3. The van der Waals surface area contributed by atoms with Crippen LogP contribution in [0.2, 0.25) is 0 Å². The van der Waals surface area contributed by atoms with Crippen LogP contribution in [0.25, 0.3) is 0 Å².